The predicted octanol–water partition coefficient (Wildman–Crippen LogP) is 4.86. The largest absolute Gasteiger partial charge is 0.378 e. The van der Waals surface area contributed by atoms with Crippen LogP contribution in [0.15, 0.2) is 54.0 Å². The molecule has 4 aromatic rings. The van der Waals surface area contributed by atoms with Crippen molar-refractivity contribution in [3.8, 4) is 10.6 Å². The second kappa shape index (κ2) is 10.3. The summed E-state index contributed by atoms with van der Waals surface area (Å²) < 4.78 is 27.4. The van der Waals surface area contributed by atoms with Gasteiger partial charge in [0.15, 0.2) is 11.1 Å². The second-order valence-electron chi connectivity index (χ2n) is 7.68. The molecule has 4 heterocycles. The number of morpholine rings is 1. The van der Waals surface area contributed by atoms with Gasteiger partial charge in [-0.1, -0.05) is 6.07 Å². The average Bonchev–Trinajstić information content (AvgIpc) is 3.51. The zero-order valence-electron chi connectivity index (χ0n) is 18.4. The number of nitrogens with one attached hydrogen (secondary N) is 1. The van der Waals surface area contributed by atoms with Crippen molar-refractivity contribution in [2.24, 2.45) is 0 Å². The van der Waals surface area contributed by atoms with E-state index in [0.29, 0.717) is 11.0 Å². The van der Waals surface area contributed by atoms with Crippen LogP contribution >= 0.6 is 22.7 Å². The van der Waals surface area contributed by atoms with E-state index in [9.17, 15) is 8.76 Å². The molecule has 1 saturated heterocycles. The van der Waals surface area contributed by atoms with Gasteiger partial charge in [0.25, 0.3) is 0 Å². The van der Waals surface area contributed by atoms with Crippen molar-refractivity contribution in [1.29, 1.82) is 0 Å². The molecule has 5 rings (SSSR count). The summed E-state index contributed by atoms with van der Waals surface area (Å²) >= 11 is 0.769. The Bertz CT molecular complexity index is 1270. The number of anilines is 3. The van der Waals surface area contributed by atoms with Crippen molar-refractivity contribution in [2.75, 3.05) is 36.5 Å². The average molecular weight is 514 g/mol. The fourth-order valence-corrected chi connectivity index (χ4v) is 6.89. The zero-order valence-corrected chi connectivity index (χ0v) is 20.8. The Balaban J connectivity index is 1.36. The molecular weight excluding hydrogens is 490 g/mol. The lowest BCUT2D eigenvalue weighted by atomic mass is 10.2. The number of nitrogens with zero attached hydrogens (tertiary/aromatic N) is 4. The van der Waals surface area contributed by atoms with Gasteiger partial charge in [-0.2, -0.15) is 0 Å². The fraction of sp³-hybridized carbons (Fsp3) is 0.261. The number of rotatable bonds is 7. The second-order valence-corrected chi connectivity index (χ2v) is 10.7. The molecular formula is C23H23N5O3S3. The van der Waals surface area contributed by atoms with Gasteiger partial charge >= 0.3 is 0 Å². The molecule has 11 heteroatoms. The number of hydrogen-bond donors (Lipinski definition) is 2. The van der Waals surface area contributed by atoms with Gasteiger partial charge in [-0.25, -0.2) is 19.2 Å². The van der Waals surface area contributed by atoms with Gasteiger partial charge in [0.1, 0.15) is 10.3 Å². The summed E-state index contributed by atoms with van der Waals surface area (Å²) in [5.41, 5.74) is 3.55. The Hall–Kier alpha value is -2.70. The minimum atomic E-state index is -2.07. The minimum Gasteiger partial charge on any atom is -0.378 e. The van der Waals surface area contributed by atoms with Gasteiger partial charge in [0, 0.05) is 35.5 Å². The van der Waals surface area contributed by atoms with Gasteiger partial charge in [0.2, 0.25) is 5.95 Å². The maximum Gasteiger partial charge on any atom is 0.227 e. The zero-order chi connectivity index (χ0) is 23.5. The van der Waals surface area contributed by atoms with E-state index in [1.807, 2.05) is 42.6 Å². The third kappa shape index (κ3) is 5.03. The summed E-state index contributed by atoms with van der Waals surface area (Å²) in [5, 5.41) is 5.10. The van der Waals surface area contributed by atoms with Crippen LogP contribution < -0.4 is 10.2 Å². The normalized spacial score (nSPS) is 15.8. The maximum absolute atomic E-state index is 12.1. The minimum absolute atomic E-state index is 0.478. The van der Waals surface area contributed by atoms with Gasteiger partial charge in [0.05, 0.1) is 29.5 Å². The Morgan fingerprint density at radius 2 is 1.94 bits per heavy atom. The van der Waals surface area contributed by atoms with Crippen LogP contribution in [0, 0.1) is 6.92 Å². The molecule has 0 radical (unpaired) electrons. The van der Waals surface area contributed by atoms with Gasteiger partial charge in [-0.3, -0.25) is 0 Å². The molecule has 0 bridgehead atoms. The maximum atomic E-state index is 12.1. The van der Waals surface area contributed by atoms with Crippen molar-refractivity contribution in [1.82, 2.24) is 15.0 Å². The first-order valence-electron chi connectivity index (χ1n) is 10.7. The van der Waals surface area contributed by atoms with Crippen molar-refractivity contribution >= 4 is 51.1 Å². The van der Waals surface area contributed by atoms with E-state index in [2.05, 4.69) is 37.3 Å². The van der Waals surface area contributed by atoms with Crippen LogP contribution in [0.5, 0.6) is 0 Å². The topological polar surface area (TPSA) is 100 Å². The number of thiophene rings is 1. The predicted molar refractivity (Wildman–Crippen MR) is 138 cm³/mol. The van der Waals surface area contributed by atoms with E-state index >= 15 is 0 Å². The molecule has 34 heavy (non-hydrogen) atoms. The van der Waals surface area contributed by atoms with Crippen molar-refractivity contribution in [2.45, 2.75) is 12.2 Å². The molecule has 1 fully saturated rings. The summed E-state index contributed by atoms with van der Waals surface area (Å²) in [7, 11) is 0. The number of ether oxygens (including phenoxy) is 1. The number of thiazole rings is 1. The molecule has 0 saturated carbocycles. The van der Waals surface area contributed by atoms with Crippen LogP contribution in [0.2, 0.25) is 0 Å². The van der Waals surface area contributed by atoms with E-state index in [1.165, 1.54) is 22.7 Å². The molecule has 176 valence electrons. The van der Waals surface area contributed by atoms with E-state index in [1.54, 1.807) is 6.20 Å². The number of benzene rings is 1. The van der Waals surface area contributed by atoms with E-state index in [-0.39, 0.29) is 0 Å². The lowest BCUT2D eigenvalue weighted by molar-refractivity contribution is 0.122. The molecule has 1 aromatic carbocycles. The van der Waals surface area contributed by atoms with Crippen LogP contribution in [0.25, 0.3) is 10.6 Å². The Morgan fingerprint density at radius 1 is 1.15 bits per heavy atom. The molecule has 0 spiro atoms. The van der Waals surface area contributed by atoms with Crippen LogP contribution in [0.4, 0.5) is 17.3 Å². The van der Waals surface area contributed by atoms with Crippen LogP contribution in [-0.4, -0.2) is 50.0 Å². The monoisotopic (exact) mass is 513 g/mol. The first-order chi connectivity index (χ1) is 16.6. The fourth-order valence-electron chi connectivity index (χ4n) is 3.77. The van der Waals surface area contributed by atoms with E-state index in [0.717, 1.165) is 58.8 Å². The Labute approximate surface area is 208 Å². The third-order valence-corrected chi connectivity index (χ3v) is 8.79. The van der Waals surface area contributed by atoms with Crippen molar-refractivity contribution in [3.63, 3.8) is 0 Å². The SMILES string of the molecule is Cc1nc(C(c2cccs2)S(=O)O)sc1-c1ccnc(Nc2ccc(N3CCOCC3)cc2)n1. The number of aryl methyl sites for hydroxylation is 1. The summed E-state index contributed by atoms with van der Waals surface area (Å²) in [6.07, 6.45) is 1.70. The third-order valence-electron chi connectivity index (χ3n) is 5.43. The Kier molecular flexibility index (Phi) is 6.97. The summed E-state index contributed by atoms with van der Waals surface area (Å²) in [4.78, 5) is 17.6. The lowest BCUT2D eigenvalue weighted by Gasteiger charge is -2.28. The van der Waals surface area contributed by atoms with Crippen LogP contribution in [0.1, 0.15) is 20.8 Å². The highest BCUT2D eigenvalue weighted by atomic mass is 32.2. The molecule has 2 N–H and O–H groups in total. The highest BCUT2D eigenvalue weighted by molar-refractivity contribution is 7.80. The molecule has 1 aliphatic rings. The highest BCUT2D eigenvalue weighted by Gasteiger charge is 2.26. The molecule has 0 aliphatic carbocycles. The molecule has 2 atom stereocenters. The van der Waals surface area contributed by atoms with Crippen molar-refractivity contribution in [3.05, 3.63) is 69.6 Å². The molecule has 8 nitrogen and oxygen atoms in total. The highest BCUT2D eigenvalue weighted by Crippen LogP contribution is 2.38. The number of aromatic nitrogens is 3. The number of hydrogen-bond acceptors (Lipinski definition) is 9. The molecule has 1 aliphatic heterocycles. The van der Waals surface area contributed by atoms with Gasteiger partial charge in [-0.05, 0) is 48.7 Å². The van der Waals surface area contributed by atoms with Crippen LogP contribution in [0.3, 0.4) is 0 Å². The first kappa shape index (κ1) is 23.1. The Morgan fingerprint density at radius 3 is 2.65 bits per heavy atom. The lowest BCUT2D eigenvalue weighted by Crippen LogP contribution is -2.36. The summed E-state index contributed by atoms with van der Waals surface area (Å²) in [6.45, 7) is 5.18. The van der Waals surface area contributed by atoms with Gasteiger partial charge in [-0.15, -0.1) is 22.7 Å². The van der Waals surface area contributed by atoms with E-state index < -0.39 is 16.3 Å². The molecule has 2 unspecified atom stereocenters. The summed E-state index contributed by atoms with van der Waals surface area (Å²) in [5.74, 6) is 0.478. The van der Waals surface area contributed by atoms with Gasteiger partial charge < -0.3 is 19.5 Å². The molecule has 3 aromatic heterocycles. The van der Waals surface area contributed by atoms with Crippen LogP contribution in [-0.2, 0) is 15.8 Å². The quantitative estimate of drug-likeness (QED) is 0.338. The molecule has 0 amide bonds. The van der Waals surface area contributed by atoms with Crippen molar-refractivity contribution < 1.29 is 13.5 Å². The van der Waals surface area contributed by atoms with E-state index in [4.69, 9.17) is 4.74 Å². The first-order valence-corrected chi connectivity index (χ1v) is 13.6. The standard InChI is InChI=1S/C23H23N5O3S3/c1-15-20(33-22(25-15)21(34(29)30)19-3-2-14-32-19)18-8-9-24-23(27-18)26-16-4-6-17(7-5-16)28-10-12-31-13-11-28/h2-9,14,21H,10-13H2,1H3,(H,29,30)(H,24,26,27). The smallest absolute Gasteiger partial charge is 0.227 e. The summed E-state index contributed by atoms with van der Waals surface area (Å²) in [6, 6.07) is 13.7.